The van der Waals surface area contributed by atoms with Gasteiger partial charge in [0.15, 0.2) is 0 Å². The van der Waals surface area contributed by atoms with Gasteiger partial charge >= 0.3 is 0 Å². The van der Waals surface area contributed by atoms with Gasteiger partial charge in [0.25, 0.3) is 0 Å². The number of nitrogens with zero attached hydrogens (tertiary/aromatic N) is 1. The zero-order chi connectivity index (χ0) is 13.2. The van der Waals surface area contributed by atoms with Crippen LogP contribution < -0.4 is 4.72 Å². The lowest BCUT2D eigenvalue weighted by Crippen LogP contribution is -2.33. The Morgan fingerprint density at radius 1 is 1.50 bits per heavy atom. The van der Waals surface area contributed by atoms with Crippen molar-refractivity contribution < 1.29 is 13.2 Å². The van der Waals surface area contributed by atoms with Gasteiger partial charge in [0, 0.05) is 19.3 Å². The summed E-state index contributed by atoms with van der Waals surface area (Å²) in [5, 5.41) is -0.00807. The predicted octanol–water partition coefficient (Wildman–Crippen LogP) is 1.58. The highest BCUT2D eigenvalue weighted by Gasteiger charge is 2.29. The van der Waals surface area contributed by atoms with Gasteiger partial charge in [0.1, 0.15) is 10.0 Å². The second kappa shape index (κ2) is 5.52. The van der Waals surface area contributed by atoms with Crippen LogP contribution in [0.2, 0.25) is 5.15 Å². The van der Waals surface area contributed by atoms with Gasteiger partial charge in [0.2, 0.25) is 10.0 Å². The van der Waals surface area contributed by atoms with E-state index in [2.05, 4.69) is 9.71 Å². The lowest BCUT2D eigenvalue weighted by atomic mass is 10.3. The molecule has 100 valence electrons. The molecule has 1 heterocycles. The molecule has 7 heteroatoms. The first kappa shape index (κ1) is 13.7. The molecule has 1 aromatic heterocycles. The van der Waals surface area contributed by atoms with Gasteiger partial charge in [-0.05, 0) is 31.4 Å². The Balaban J connectivity index is 2.11. The van der Waals surface area contributed by atoms with E-state index < -0.39 is 10.0 Å². The standard InChI is InChI=1S/C11H15ClN2O3S/c1-17-9-5-4-8(7-9)14-18(15,16)10-3-2-6-13-11(10)12/h2-3,6,8-9,14H,4-5,7H2,1H3. The first-order chi connectivity index (χ1) is 8.53. The lowest BCUT2D eigenvalue weighted by molar-refractivity contribution is 0.107. The molecule has 1 saturated carbocycles. The first-order valence-corrected chi connectivity index (χ1v) is 7.54. The maximum atomic E-state index is 12.1. The highest BCUT2D eigenvalue weighted by molar-refractivity contribution is 7.89. The molecule has 0 bridgehead atoms. The van der Waals surface area contributed by atoms with E-state index in [4.69, 9.17) is 16.3 Å². The molecule has 18 heavy (non-hydrogen) atoms. The van der Waals surface area contributed by atoms with E-state index in [1.165, 1.54) is 12.3 Å². The molecule has 0 aliphatic heterocycles. The first-order valence-electron chi connectivity index (χ1n) is 5.68. The van der Waals surface area contributed by atoms with Crippen LogP contribution in [0.25, 0.3) is 0 Å². The van der Waals surface area contributed by atoms with Gasteiger partial charge in [-0.3, -0.25) is 0 Å². The molecular weight excluding hydrogens is 276 g/mol. The van der Waals surface area contributed by atoms with E-state index in [-0.39, 0.29) is 22.2 Å². The Hall–Kier alpha value is -0.690. The molecule has 1 aromatic rings. The van der Waals surface area contributed by atoms with E-state index in [1.807, 2.05) is 0 Å². The molecular formula is C11H15ClN2O3S. The number of halogens is 1. The van der Waals surface area contributed by atoms with E-state index in [0.29, 0.717) is 6.42 Å². The fraction of sp³-hybridized carbons (Fsp3) is 0.545. The highest BCUT2D eigenvalue weighted by atomic mass is 35.5. The number of nitrogens with one attached hydrogen (secondary N) is 1. The van der Waals surface area contributed by atoms with Crippen molar-refractivity contribution in [2.24, 2.45) is 0 Å². The molecule has 0 spiro atoms. The van der Waals surface area contributed by atoms with Crippen molar-refractivity contribution in [1.29, 1.82) is 0 Å². The highest BCUT2D eigenvalue weighted by Crippen LogP contribution is 2.24. The average molecular weight is 291 g/mol. The second-order valence-corrected chi connectivity index (χ2v) is 6.32. The Kier molecular flexibility index (Phi) is 4.21. The van der Waals surface area contributed by atoms with Crippen molar-refractivity contribution >= 4 is 21.6 Å². The molecule has 5 nitrogen and oxygen atoms in total. The zero-order valence-corrected chi connectivity index (χ0v) is 11.5. The van der Waals surface area contributed by atoms with E-state index >= 15 is 0 Å². The number of ether oxygens (including phenoxy) is 1. The largest absolute Gasteiger partial charge is 0.381 e. The molecule has 1 aliphatic carbocycles. The van der Waals surface area contributed by atoms with Crippen LogP contribution in [0.3, 0.4) is 0 Å². The SMILES string of the molecule is COC1CCC(NS(=O)(=O)c2cccnc2Cl)C1. The summed E-state index contributed by atoms with van der Waals surface area (Å²) in [7, 11) is -1.97. The summed E-state index contributed by atoms with van der Waals surface area (Å²) in [6, 6.07) is 2.89. The van der Waals surface area contributed by atoms with Crippen LogP contribution in [0.15, 0.2) is 23.2 Å². The monoisotopic (exact) mass is 290 g/mol. The third kappa shape index (κ3) is 3.00. The Morgan fingerprint density at radius 3 is 2.89 bits per heavy atom. The minimum atomic E-state index is -3.61. The summed E-state index contributed by atoms with van der Waals surface area (Å²) in [5.74, 6) is 0. The third-order valence-corrected chi connectivity index (χ3v) is 5.02. The lowest BCUT2D eigenvalue weighted by Gasteiger charge is -2.13. The van der Waals surface area contributed by atoms with Crippen molar-refractivity contribution in [1.82, 2.24) is 9.71 Å². The molecule has 0 aromatic carbocycles. The fourth-order valence-corrected chi connectivity index (χ4v) is 3.85. The summed E-state index contributed by atoms with van der Waals surface area (Å²) in [5.41, 5.74) is 0. The topological polar surface area (TPSA) is 68.3 Å². The van der Waals surface area contributed by atoms with Crippen molar-refractivity contribution in [3.63, 3.8) is 0 Å². The molecule has 0 radical (unpaired) electrons. The second-order valence-electron chi connectivity index (χ2n) is 4.28. The summed E-state index contributed by atoms with van der Waals surface area (Å²) in [4.78, 5) is 3.79. The Bertz CT molecular complexity index is 521. The van der Waals surface area contributed by atoms with Crippen LogP contribution in [0.1, 0.15) is 19.3 Å². The number of aromatic nitrogens is 1. The van der Waals surface area contributed by atoms with E-state index in [0.717, 1.165) is 12.8 Å². The van der Waals surface area contributed by atoms with Crippen LogP contribution in [0, 0.1) is 0 Å². The maximum Gasteiger partial charge on any atom is 0.243 e. The smallest absolute Gasteiger partial charge is 0.243 e. The number of pyridine rings is 1. The molecule has 1 aliphatic rings. The molecule has 2 atom stereocenters. The Labute approximate surface area is 112 Å². The van der Waals surface area contributed by atoms with Gasteiger partial charge in [-0.15, -0.1) is 0 Å². The summed E-state index contributed by atoms with van der Waals surface area (Å²) in [6.45, 7) is 0. The molecule has 2 unspecified atom stereocenters. The molecule has 1 fully saturated rings. The number of rotatable bonds is 4. The van der Waals surface area contributed by atoms with Crippen LogP contribution >= 0.6 is 11.6 Å². The average Bonchev–Trinajstić information content (AvgIpc) is 2.76. The third-order valence-electron chi connectivity index (χ3n) is 3.05. The summed E-state index contributed by atoms with van der Waals surface area (Å²) < 4.78 is 32.1. The van der Waals surface area contributed by atoms with Gasteiger partial charge < -0.3 is 4.74 Å². The Morgan fingerprint density at radius 2 is 2.28 bits per heavy atom. The minimum absolute atomic E-state index is 0.00807. The summed E-state index contributed by atoms with van der Waals surface area (Å²) in [6.07, 6.45) is 3.91. The van der Waals surface area contributed by atoms with Gasteiger partial charge in [-0.2, -0.15) is 0 Å². The maximum absolute atomic E-state index is 12.1. The molecule has 1 N–H and O–H groups in total. The predicted molar refractivity (Wildman–Crippen MR) is 68.0 cm³/mol. The van der Waals surface area contributed by atoms with Crippen molar-refractivity contribution in [3.8, 4) is 0 Å². The minimum Gasteiger partial charge on any atom is -0.381 e. The number of hydrogen-bond acceptors (Lipinski definition) is 4. The number of hydrogen-bond donors (Lipinski definition) is 1. The molecule has 0 amide bonds. The van der Waals surface area contributed by atoms with Crippen molar-refractivity contribution in [2.75, 3.05) is 7.11 Å². The normalized spacial score (nSPS) is 24.3. The van der Waals surface area contributed by atoms with Gasteiger partial charge in [0.05, 0.1) is 6.10 Å². The van der Waals surface area contributed by atoms with Crippen LogP contribution in [-0.2, 0) is 14.8 Å². The number of methoxy groups -OCH3 is 1. The van der Waals surface area contributed by atoms with Crippen LogP contribution in [-0.4, -0.2) is 32.7 Å². The van der Waals surface area contributed by atoms with Crippen molar-refractivity contribution in [2.45, 2.75) is 36.3 Å². The van der Waals surface area contributed by atoms with Gasteiger partial charge in [-0.25, -0.2) is 18.1 Å². The van der Waals surface area contributed by atoms with E-state index in [1.54, 1.807) is 13.2 Å². The summed E-state index contributed by atoms with van der Waals surface area (Å²) >= 11 is 5.80. The molecule has 2 rings (SSSR count). The van der Waals surface area contributed by atoms with Crippen molar-refractivity contribution in [3.05, 3.63) is 23.5 Å². The van der Waals surface area contributed by atoms with E-state index in [9.17, 15) is 8.42 Å². The zero-order valence-electron chi connectivity index (χ0n) is 9.97. The van der Waals surface area contributed by atoms with Crippen LogP contribution in [0.4, 0.5) is 0 Å². The van der Waals surface area contributed by atoms with Gasteiger partial charge in [-0.1, -0.05) is 11.6 Å². The molecule has 0 saturated heterocycles. The quantitative estimate of drug-likeness (QED) is 0.855. The fourth-order valence-electron chi connectivity index (χ4n) is 2.12. The number of sulfonamides is 1. The van der Waals surface area contributed by atoms with Crippen LogP contribution in [0.5, 0.6) is 0 Å².